The Bertz CT molecular complexity index is 1060. The van der Waals surface area contributed by atoms with Crippen LogP contribution in [0.1, 0.15) is 16.1 Å². The van der Waals surface area contributed by atoms with E-state index in [0.29, 0.717) is 16.3 Å². The largest absolute Gasteiger partial charge is 0.478 e. The second kappa shape index (κ2) is 7.79. The first-order chi connectivity index (χ1) is 13.3. The number of hydrogen-bond acceptors (Lipinski definition) is 5. The lowest BCUT2D eigenvalue weighted by molar-refractivity contribution is -0.128. The van der Waals surface area contributed by atoms with E-state index < -0.39 is 17.8 Å². The highest BCUT2D eigenvalue weighted by atomic mass is 35.5. The van der Waals surface area contributed by atoms with Gasteiger partial charge in [-0.2, -0.15) is 0 Å². The van der Waals surface area contributed by atoms with Crippen LogP contribution in [-0.2, 0) is 9.59 Å². The number of carboxylic acid groups (broad SMARTS) is 1. The highest BCUT2D eigenvalue weighted by Crippen LogP contribution is 2.31. The number of benzene rings is 1. The minimum Gasteiger partial charge on any atom is -0.478 e. The molecule has 0 bridgehead atoms. The third-order valence-electron chi connectivity index (χ3n) is 3.89. The van der Waals surface area contributed by atoms with E-state index in [1.165, 1.54) is 41.3 Å². The first-order valence-corrected chi connectivity index (χ1v) is 8.73. The van der Waals surface area contributed by atoms with Crippen molar-refractivity contribution in [2.45, 2.75) is 0 Å². The number of hydrogen-bond donors (Lipinski definition) is 2. The fourth-order valence-electron chi connectivity index (χ4n) is 2.55. The Balaban J connectivity index is 1.96. The summed E-state index contributed by atoms with van der Waals surface area (Å²) in [5.41, 5.74) is 0.271. The summed E-state index contributed by atoms with van der Waals surface area (Å²) in [5, 5.41) is 11.9. The fraction of sp³-hybridized carbons (Fsp3) is 0.0526. The predicted octanol–water partition coefficient (Wildman–Crippen LogP) is 3.11. The quantitative estimate of drug-likeness (QED) is 0.336. The average molecular weight is 417 g/mol. The Morgan fingerprint density at radius 2 is 2.07 bits per heavy atom. The van der Waals surface area contributed by atoms with Gasteiger partial charge in [0.2, 0.25) is 0 Å². The molecule has 7 nitrogen and oxygen atoms in total. The Hall–Kier alpha value is -3.23. The molecule has 0 aliphatic carbocycles. The second-order valence-corrected chi connectivity index (χ2v) is 6.52. The molecule has 2 heterocycles. The number of thiocarbonyl (C=S) groups is 1. The third-order valence-corrected chi connectivity index (χ3v) is 4.54. The number of aromatic carboxylic acids is 1. The van der Waals surface area contributed by atoms with E-state index >= 15 is 0 Å². The number of rotatable bonds is 5. The van der Waals surface area contributed by atoms with Gasteiger partial charge in [0.15, 0.2) is 5.11 Å². The van der Waals surface area contributed by atoms with Crippen LogP contribution in [0.25, 0.3) is 17.4 Å². The molecule has 0 saturated carbocycles. The number of nitrogens with zero attached hydrogens (tertiary/aromatic N) is 1. The molecule has 1 aromatic carbocycles. The van der Waals surface area contributed by atoms with E-state index in [0.717, 1.165) is 0 Å². The SMILES string of the molecule is C=CCN1C(=O)/C(=C/c2ccc(-c3cc(C(=O)O)ccc3Cl)o2)C(=O)NC1=S. The summed E-state index contributed by atoms with van der Waals surface area (Å²) < 4.78 is 5.65. The Morgan fingerprint density at radius 3 is 2.75 bits per heavy atom. The predicted molar refractivity (Wildman–Crippen MR) is 107 cm³/mol. The van der Waals surface area contributed by atoms with Crippen LogP contribution < -0.4 is 5.32 Å². The number of carbonyl (C=O) groups excluding carboxylic acids is 2. The van der Waals surface area contributed by atoms with Crippen molar-refractivity contribution in [3.05, 3.63) is 64.9 Å². The van der Waals surface area contributed by atoms with E-state index in [1.54, 1.807) is 6.07 Å². The van der Waals surface area contributed by atoms with Gasteiger partial charge >= 0.3 is 5.97 Å². The maximum Gasteiger partial charge on any atom is 0.335 e. The van der Waals surface area contributed by atoms with E-state index in [9.17, 15) is 14.4 Å². The molecule has 0 unspecified atom stereocenters. The molecular weight excluding hydrogens is 404 g/mol. The number of carbonyl (C=O) groups is 3. The van der Waals surface area contributed by atoms with Crippen molar-refractivity contribution < 1.29 is 23.9 Å². The van der Waals surface area contributed by atoms with Gasteiger partial charge in [0.1, 0.15) is 17.1 Å². The zero-order chi connectivity index (χ0) is 20.4. The Morgan fingerprint density at radius 1 is 1.32 bits per heavy atom. The molecule has 2 aromatic rings. The van der Waals surface area contributed by atoms with Crippen molar-refractivity contribution in [3.63, 3.8) is 0 Å². The van der Waals surface area contributed by atoms with Gasteiger partial charge in [-0.3, -0.25) is 19.8 Å². The van der Waals surface area contributed by atoms with Crippen LogP contribution >= 0.6 is 23.8 Å². The van der Waals surface area contributed by atoms with Crippen LogP contribution in [0, 0.1) is 0 Å². The van der Waals surface area contributed by atoms with E-state index in [-0.39, 0.29) is 28.6 Å². The van der Waals surface area contributed by atoms with Crippen molar-refractivity contribution >= 4 is 52.8 Å². The second-order valence-electron chi connectivity index (χ2n) is 5.72. The molecule has 0 spiro atoms. The van der Waals surface area contributed by atoms with Gasteiger partial charge in [0.05, 0.1) is 10.6 Å². The molecule has 3 rings (SSSR count). The van der Waals surface area contributed by atoms with Gasteiger partial charge in [0, 0.05) is 12.1 Å². The monoisotopic (exact) mass is 416 g/mol. The lowest BCUT2D eigenvalue weighted by Crippen LogP contribution is -2.53. The molecule has 142 valence electrons. The number of halogens is 1. The van der Waals surface area contributed by atoms with Crippen molar-refractivity contribution in [3.8, 4) is 11.3 Å². The topological polar surface area (TPSA) is 99.8 Å². The van der Waals surface area contributed by atoms with Crippen LogP contribution in [-0.4, -0.2) is 39.4 Å². The molecule has 2 amide bonds. The molecule has 1 saturated heterocycles. The zero-order valence-electron chi connectivity index (χ0n) is 14.3. The summed E-state index contributed by atoms with van der Waals surface area (Å²) in [6, 6.07) is 7.31. The van der Waals surface area contributed by atoms with Gasteiger partial charge in [0.25, 0.3) is 11.8 Å². The number of amides is 2. The number of carboxylic acids is 1. The van der Waals surface area contributed by atoms with E-state index in [2.05, 4.69) is 11.9 Å². The maximum absolute atomic E-state index is 12.5. The maximum atomic E-state index is 12.5. The molecule has 28 heavy (non-hydrogen) atoms. The highest BCUT2D eigenvalue weighted by molar-refractivity contribution is 7.80. The van der Waals surface area contributed by atoms with Gasteiger partial charge in [-0.1, -0.05) is 17.7 Å². The van der Waals surface area contributed by atoms with E-state index in [1.807, 2.05) is 0 Å². The molecule has 0 atom stereocenters. The van der Waals surface area contributed by atoms with Gasteiger partial charge in [-0.25, -0.2) is 4.79 Å². The lowest BCUT2D eigenvalue weighted by atomic mass is 10.1. The van der Waals surface area contributed by atoms with Crippen molar-refractivity contribution in [2.75, 3.05) is 6.54 Å². The molecule has 2 N–H and O–H groups in total. The normalized spacial score (nSPS) is 15.7. The van der Waals surface area contributed by atoms with Crippen molar-refractivity contribution in [1.29, 1.82) is 0 Å². The molecule has 0 radical (unpaired) electrons. The molecule has 1 fully saturated rings. The standard InChI is InChI=1S/C19H13ClN2O5S/c1-2-7-22-17(24)13(16(23)21-19(22)28)9-11-4-6-15(27-11)12-8-10(18(25)26)3-5-14(12)20/h2-6,8-9H,1,7H2,(H,25,26)(H,21,23,28)/b13-9+. The van der Waals surface area contributed by atoms with Crippen LogP contribution in [0.2, 0.25) is 5.02 Å². The Kier molecular flexibility index (Phi) is 5.43. The summed E-state index contributed by atoms with van der Waals surface area (Å²) in [6.45, 7) is 3.71. The Labute approximate surface area is 169 Å². The summed E-state index contributed by atoms with van der Waals surface area (Å²) in [7, 11) is 0. The molecular formula is C19H13ClN2O5S. The summed E-state index contributed by atoms with van der Waals surface area (Å²) in [4.78, 5) is 37.0. The van der Waals surface area contributed by atoms with Crippen LogP contribution in [0.5, 0.6) is 0 Å². The van der Waals surface area contributed by atoms with Crippen LogP contribution in [0.15, 0.2) is 53.0 Å². The van der Waals surface area contributed by atoms with Crippen LogP contribution in [0.3, 0.4) is 0 Å². The third kappa shape index (κ3) is 3.73. The fourth-order valence-corrected chi connectivity index (χ4v) is 3.01. The van der Waals surface area contributed by atoms with Gasteiger partial charge in [-0.15, -0.1) is 6.58 Å². The number of nitrogens with one attached hydrogen (secondary N) is 1. The smallest absolute Gasteiger partial charge is 0.335 e. The summed E-state index contributed by atoms with van der Waals surface area (Å²) in [5.74, 6) is -1.80. The lowest BCUT2D eigenvalue weighted by Gasteiger charge is -2.27. The average Bonchev–Trinajstić information content (AvgIpc) is 3.11. The van der Waals surface area contributed by atoms with Crippen LogP contribution in [0.4, 0.5) is 0 Å². The highest BCUT2D eigenvalue weighted by Gasteiger charge is 2.32. The minimum atomic E-state index is -1.10. The summed E-state index contributed by atoms with van der Waals surface area (Å²) >= 11 is 11.1. The molecule has 1 aliphatic rings. The molecule has 9 heteroatoms. The first kappa shape index (κ1) is 19.5. The molecule has 1 aliphatic heterocycles. The molecule has 1 aromatic heterocycles. The number of furan rings is 1. The summed E-state index contributed by atoms with van der Waals surface area (Å²) in [6.07, 6.45) is 2.77. The zero-order valence-corrected chi connectivity index (χ0v) is 15.8. The van der Waals surface area contributed by atoms with Crippen molar-refractivity contribution in [2.24, 2.45) is 0 Å². The van der Waals surface area contributed by atoms with Gasteiger partial charge < -0.3 is 9.52 Å². The first-order valence-electron chi connectivity index (χ1n) is 7.94. The van der Waals surface area contributed by atoms with Crippen molar-refractivity contribution in [1.82, 2.24) is 10.2 Å². The minimum absolute atomic E-state index is 0.00412. The van der Waals surface area contributed by atoms with Gasteiger partial charge in [-0.05, 0) is 48.6 Å². The van der Waals surface area contributed by atoms with E-state index in [4.69, 9.17) is 33.3 Å².